The molecule has 0 radical (unpaired) electrons. The number of carbonyl (C=O) groups is 1. The number of nitrogens with zero attached hydrogens (tertiary/aromatic N) is 2. The summed E-state index contributed by atoms with van der Waals surface area (Å²) in [7, 11) is 1.61. The van der Waals surface area contributed by atoms with E-state index in [1.807, 2.05) is 30.3 Å². The molecular formula is C17H16N4O2. The van der Waals surface area contributed by atoms with Gasteiger partial charge in [0.05, 0.1) is 18.2 Å². The van der Waals surface area contributed by atoms with Gasteiger partial charge in [0, 0.05) is 35.3 Å². The third kappa shape index (κ3) is 2.75. The van der Waals surface area contributed by atoms with Crippen LogP contribution in [0.15, 0.2) is 36.5 Å². The molecule has 1 aliphatic rings. The number of hydrogen-bond acceptors (Lipinski definition) is 4. The average molecular weight is 308 g/mol. The van der Waals surface area contributed by atoms with Crippen molar-refractivity contribution in [3.05, 3.63) is 47.8 Å². The highest BCUT2D eigenvalue weighted by atomic mass is 16.5. The molecule has 0 atom stereocenters. The molecule has 2 heterocycles. The second kappa shape index (κ2) is 5.39. The molecule has 23 heavy (non-hydrogen) atoms. The van der Waals surface area contributed by atoms with E-state index >= 15 is 0 Å². The zero-order chi connectivity index (χ0) is 15.8. The van der Waals surface area contributed by atoms with Gasteiger partial charge in [-0.2, -0.15) is 5.10 Å². The van der Waals surface area contributed by atoms with Crippen molar-refractivity contribution in [3.63, 3.8) is 0 Å². The summed E-state index contributed by atoms with van der Waals surface area (Å²) in [5.74, 6) is 1.65. The molecule has 0 aliphatic heterocycles. The minimum atomic E-state index is -0.218. The number of ether oxygens (including phenoxy) is 1. The lowest BCUT2D eigenvalue weighted by Gasteiger charge is -2.05. The van der Waals surface area contributed by atoms with E-state index in [1.165, 1.54) is 12.8 Å². The number of H-pyrrole nitrogens is 1. The van der Waals surface area contributed by atoms with Gasteiger partial charge in [0.15, 0.2) is 5.82 Å². The van der Waals surface area contributed by atoms with Crippen LogP contribution in [0.2, 0.25) is 0 Å². The lowest BCUT2D eigenvalue weighted by atomic mass is 10.1. The molecule has 4 rings (SSSR count). The number of rotatable bonds is 4. The highest BCUT2D eigenvalue weighted by molar-refractivity contribution is 6.05. The first-order valence-electron chi connectivity index (χ1n) is 7.53. The number of aromatic amines is 1. The van der Waals surface area contributed by atoms with Crippen molar-refractivity contribution < 1.29 is 9.53 Å². The van der Waals surface area contributed by atoms with Crippen LogP contribution < -0.4 is 10.1 Å². The summed E-state index contributed by atoms with van der Waals surface area (Å²) in [5, 5.41) is 10.8. The van der Waals surface area contributed by atoms with Gasteiger partial charge in [0.1, 0.15) is 5.75 Å². The first kappa shape index (κ1) is 13.8. The molecule has 3 aromatic rings. The van der Waals surface area contributed by atoms with E-state index in [9.17, 15) is 4.79 Å². The Kier molecular flexibility index (Phi) is 3.22. The largest absolute Gasteiger partial charge is 0.497 e. The summed E-state index contributed by atoms with van der Waals surface area (Å²) < 4.78 is 5.17. The Morgan fingerprint density at radius 2 is 2.17 bits per heavy atom. The van der Waals surface area contributed by atoms with Gasteiger partial charge in [-0.05, 0) is 31.0 Å². The number of nitrogens with one attached hydrogen (secondary N) is 2. The summed E-state index contributed by atoms with van der Waals surface area (Å²) in [4.78, 5) is 16.7. The standard InChI is InChI=1S/C17H16N4O2/c1-23-13-5-4-11-6-12(9-18-14(11)7-13)17(22)19-16-8-15(20-21-16)10-2-3-10/h4-10H,2-3H2,1H3,(H2,19,20,21,22). The van der Waals surface area contributed by atoms with Crippen LogP contribution in [0.1, 0.15) is 34.8 Å². The average Bonchev–Trinajstić information content (AvgIpc) is 3.33. The predicted octanol–water partition coefficient (Wildman–Crippen LogP) is 3.10. The van der Waals surface area contributed by atoms with Crippen LogP contribution in [-0.2, 0) is 0 Å². The Hall–Kier alpha value is -2.89. The minimum Gasteiger partial charge on any atom is -0.497 e. The van der Waals surface area contributed by atoms with Gasteiger partial charge in [-0.25, -0.2) is 0 Å². The SMILES string of the molecule is COc1ccc2cc(C(=O)Nc3cc(C4CC4)[nH]n3)cnc2c1. The quantitative estimate of drug-likeness (QED) is 0.776. The number of aromatic nitrogens is 3. The first-order chi connectivity index (χ1) is 11.2. The van der Waals surface area contributed by atoms with E-state index in [0.717, 1.165) is 22.3 Å². The lowest BCUT2D eigenvalue weighted by molar-refractivity contribution is 0.102. The van der Waals surface area contributed by atoms with Gasteiger partial charge < -0.3 is 10.1 Å². The van der Waals surface area contributed by atoms with Crippen LogP contribution in [0.4, 0.5) is 5.82 Å². The topological polar surface area (TPSA) is 79.9 Å². The highest BCUT2D eigenvalue weighted by Gasteiger charge is 2.25. The van der Waals surface area contributed by atoms with E-state index < -0.39 is 0 Å². The maximum atomic E-state index is 12.3. The molecule has 1 aliphatic carbocycles. The van der Waals surface area contributed by atoms with Crippen molar-refractivity contribution in [2.24, 2.45) is 0 Å². The third-order valence-corrected chi connectivity index (χ3v) is 4.01. The van der Waals surface area contributed by atoms with Crippen LogP contribution in [0.3, 0.4) is 0 Å². The highest BCUT2D eigenvalue weighted by Crippen LogP contribution is 2.39. The Balaban J connectivity index is 1.55. The van der Waals surface area contributed by atoms with Crippen LogP contribution in [0, 0.1) is 0 Å². The summed E-state index contributed by atoms with van der Waals surface area (Å²) in [5.41, 5.74) is 2.37. The Labute approximate surface area is 132 Å². The van der Waals surface area contributed by atoms with Crippen LogP contribution >= 0.6 is 0 Å². The Morgan fingerprint density at radius 3 is 2.96 bits per heavy atom. The molecule has 6 nitrogen and oxygen atoms in total. The van der Waals surface area contributed by atoms with Gasteiger partial charge in [0.25, 0.3) is 5.91 Å². The fourth-order valence-electron chi connectivity index (χ4n) is 2.54. The fraction of sp³-hybridized carbons (Fsp3) is 0.235. The number of pyridine rings is 1. The number of anilines is 1. The van der Waals surface area contributed by atoms with Gasteiger partial charge in [-0.15, -0.1) is 0 Å². The van der Waals surface area contributed by atoms with Crippen molar-refractivity contribution in [2.75, 3.05) is 12.4 Å². The number of methoxy groups -OCH3 is 1. The third-order valence-electron chi connectivity index (χ3n) is 4.01. The Morgan fingerprint density at radius 1 is 1.30 bits per heavy atom. The number of carbonyl (C=O) groups excluding carboxylic acids is 1. The summed E-state index contributed by atoms with van der Waals surface area (Å²) >= 11 is 0. The van der Waals surface area contributed by atoms with Crippen LogP contribution in [-0.4, -0.2) is 28.2 Å². The minimum absolute atomic E-state index is 0.218. The fourth-order valence-corrected chi connectivity index (χ4v) is 2.54. The second-order valence-electron chi connectivity index (χ2n) is 5.72. The van der Waals surface area contributed by atoms with E-state index in [2.05, 4.69) is 20.5 Å². The van der Waals surface area contributed by atoms with Gasteiger partial charge in [-0.3, -0.25) is 14.9 Å². The van der Waals surface area contributed by atoms with Crippen LogP contribution in [0.25, 0.3) is 10.9 Å². The second-order valence-corrected chi connectivity index (χ2v) is 5.72. The molecule has 116 valence electrons. The van der Waals surface area contributed by atoms with Crippen molar-refractivity contribution in [1.29, 1.82) is 0 Å². The van der Waals surface area contributed by atoms with Gasteiger partial charge in [-0.1, -0.05) is 0 Å². The maximum Gasteiger partial charge on any atom is 0.258 e. The molecular weight excluding hydrogens is 292 g/mol. The normalized spacial score (nSPS) is 14.0. The van der Waals surface area contributed by atoms with Crippen LogP contribution in [0.5, 0.6) is 5.75 Å². The van der Waals surface area contributed by atoms with E-state index in [0.29, 0.717) is 17.3 Å². The molecule has 2 N–H and O–H groups in total. The van der Waals surface area contributed by atoms with Gasteiger partial charge >= 0.3 is 0 Å². The molecule has 2 aromatic heterocycles. The van der Waals surface area contributed by atoms with Crippen molar-refractivity contribution in [3.8, 4) is 5.75 Å². The predicted molar refractivity (Wildman–Crippen MR) is 86.8 cm³/mol. The lowest BCUT2D eigenvalue weighted by Crippen LogP contribution is -2.12. The number of fused-ring (bicyclic) bond motifs is 1. The summed E-state index contributed by atoms with van der Waals surface area (Å²) in [6, 6.07) is 9.28. The van der Waals surface area contributed by atoms with E-state index in [-0.39, 0.29) is 5.91 Å². The zero-order valence-electron chi connectivity index (χ0n) is 12.7. The molecule has 1 aromatic carbocycles. The molecule has 6 heteroatoms. The molecule has 1 fully saturated rings. The summed E-state index contributed by atoms with van der Waals surface area (Å²) in [6.07, 6.45) is 3.94. The number of amides is 1. The Bertz CT molecular complexity index is 883. The number of benzene rings is 1. The van der Waals surface area contributed by atoms with E-state index in [4.69, 9.17) is 4.74 Å². The first-order valence-corrected chi connectivity index (χ1v) is 7.53. The molecule has 1 saturated carbocycles. The van der Waals surface area contributed by atoms with Crippen molar-refractivity contribution in [1.82, 2.24) is 15.2 Å². The maximum absolute atomic E-state index is 12.3. The van der Waals surface area contributed by atoms with Gasteiger partial charge in [0.2, 0.25) is 0 Å². The number of hydrogen-bond donors (Lipinski definition) is 2. The summed E-state index contributed by atoms with van der Waals surface area (Å²) in [6.45, 7) is 0. The van der Waals surface area contributed by atoms with Crippen molar-refractivity contribution >= 4 is 22.6 Å². The molecule has 0 bridgehead atoms. The molecule has 1 amide bonds. The monoisotopic (exact) mass is 308 g/mol. The molecule has 0 spiro atoms. The smallest absolute Gasteiger partial charge is 0.258 e. The van der Waals surface area contributed by atoms with Crippen molar-refractivity contribution in [2.45, 2.75) is 18.8 Å². The molecule has 0 unspecified atom stereocenters. The molecule has 0 saturated heterocycles. The van der Waals surface area contributed by atoms with E-state index in [1.54, 1.807) is 13.3 Å². The zero-order valence-corrected chi connectivity index (χ0v) is 12.7.